The molecule has 0 aromatic heterocycles. The average molecular weight is 188 g/mol. The van der Waals surface area contributed by atoms with Crippen LogP contribution in [0.2, 0.25) is 0 Å². The Morgan fingerprint density at radius 1 is 1.31 bits per heavy atom. The Bertz CT molecular complexity index is 109. The van der Waals surface area contributed by atoms with Crippen LogP contribution in [0.4, 0.5) is 0 Å². The first-order chi connectivity index (χ1) is 6.24. The second-order valence-electron chi connectivity index (χ2n) is 3.35. The van der Waals surface area contributed by atoms with Crippen molar-refractivity contribution in [2.24, 2.45) is 0 Å². The third-order valence-corrected chi connectivity index (χ3v) is 2.09. The van der Waals surface area contributed by atoms with Gasteiger partial charge in [-0.2, -0.15) is 0 Å². The smallest absolute Gasteiger partial charge is 0.0791 e. The Labute approximate surface area is 82.1 Å². The molecular weight excluding hydrogens is 164 g/mol. The standard InChI is InChI=1S/C10H24N2O/c1-4-7-12(6-3)9-10(13)8-11-5-2/h10-11,13H,4-9H2,1-3H3. The first-order valence-electron chi connectivity index (χ1n) is 5.35. The fourth-order valence-corrected chi connectivity index (χ4v) is 1.37. The van der Waals surface area contributed by atoms with Crippen LogP contribution in [0.5, 0.6) is 0 Å². The summed E-state index contributed by atoms with van der Waals surface area (Å²) in [6.45, 7) is 10.9. The molecule has 1 unspecified atom stereocenters. The summed E-state index contributed by atoms with van der Waals surface area (Å²) < 4.78 is 0. The van der Waals surface area contributed by atoms with Gasteiger partial charge in [-0.05, 0) is 26.1 Å². The Balaban J connectivity index is 3.53. The monoisotopic (exact) mass is 188 g/mol. The number of nitrogens with zero attached hydrogens (tertiary/aromatic N) is 1. The Morgan fingerprint density at radius 3 is 2.46 bits per heavy atom. The third-order valence-electron chi connectivity index (χ3n) is 2.09. The lowest BCUT2D eigenvalue weighted by Gasteiger charge is -2.22. The summed E-state index contributed by atoms with van der Waals surface area (Å²) in [5, 5.41) is 12.7. The van der Waals surface area contributed by atoms with E-state index in [1.165, 1.54) is 0 Å². The minimum atomic E-state index is -0.230. The molecule has 0 amide bonds. The van der Waals surface area contributed by atoms with Gasteiger partial charge in [0.1, 0.15) is 0 Å². The zero-order valence-corrected chi connectivity index (χ0v) is 9.21. The van der Waals surface area contributed by atoms with E-state index < -0.39 is 0 Å². The van der Waals surface area contributed by atoms with Crippen molar-refractivity contribution in [1.82, 2.24) is 10.2 Å². The van der Waals surface area contributed by atoms with Crippen LogP contribution in [0.1, 0.15) is 27.2 Å². The van der Waals surface area contributed by atoms with Crippen LogP contribution in [0, 0.1) is 0 Å². The van der Waals surface area contributed by atoms with Gasteiger partial charge in [-0.15, -0.1) is 0 Å². The third kappa shape index (κ3) is 6.99. The summed E-state index contributed by atoms with van der Waals surface area (Å²) in [4.78, 5) is 2.28. The summed E-state index contributed by atoms with van der Waals surface area (Å²) in [6.07, 6.45) is 0.924. The van der Waals surface area contributed by atoms with E-state index in [9.17, 15) is 5.11 Å². The fourth-order valence-electron chi connectivity index (χ4n) is 1.37. The van der Waals surface area contributed by atoms with E-state index in [2.05, 4.69) is 31.0 Å². The number of nitrogens with one attached hydrogen (secondary N) is 1. The second kappa shape index (κ2) is 8.48. The van der Waals surface area contributed by atoms with Crippen LogP contribution in [-0.2, 0) is 0 Å². The van der Waals surface area contributed by atoms with Gasteiger partial charge in [0, 0.05) is 13.1 Å². The van der Waals surface area contributed by atoms with E-state index in [1.807, 2.05) is 0 Å². The number of aliphatic hydroxyl groups is 1. The van der Waals surface area contributed by atoms with Crippen LogP contribution in [0.15, 0.2) is 0 Å². The molecule has 0 aromatic carbocycles. The number of likely N-dealkylation sites (N-methyl/N-ethyl adjacent to an activating group) is 2. The summed E-state index contributed by atoms with van der Waals surface area (Å²) in [6, 6.07) is 0. The first kappa shape index (κ1) is 12.9. The Kier molecular flexibility index (Phi) is 8.40. The van der Waals surface area contributed by atoms with Crippen molar-refractivity contribution in [3.05, 3.63) is 0 Å². The zero-order valence-electron chi connectivity index (χ0n) is 9.21. The van der Waals surface area contributed by atoms with Crippen LogP contribution in [0.3, 0.4) is 0 Å². The summed E-state index contributed by atoms with van der Waals surface area (Å²) in [5.41, 5.74) is 0. The summed E-state index contributed by atoms with van der Waals surface area (Å²) >= 11 is 0. The van der Waals surface area contributed by atoms with Crippen molar-refractivity contribution < 1.29 is 5.11 Å². The summed E-state index contributed by atoms with van der Waals surface area (Å²) in [5.74, 6) is 0. The van der Waals surface area contributed by atoms with Gasteiger partial charge >= 0.3 is 0 Å². The van der Waals surface area contributed by atoms with E-state index in [0.717, 1.165) is 32.6 Å². The minimum absolute atomic E-state index is 0.230. The lowest BCUT2D eigenvalue weighted by molar-refractivity contribution is 0.114. The van der Waals surface area contributed by atoms with Gasteiger partial charge in [-0.3, -0.25) is 0 Å². The van der Waals surface area contributed by atoms with Gasteiger partial charge in [0.25, 0.3) is 0 Å². The molecule has 0 rings (SSSR count). The molecule has 13 heavy (non-hydrogen) atoms. The molecule has 0 spiro atoms. The Hall–Kier alpha value is -0.120. The molecule has 3 nitrogen and oxygen atoms in total. The predicted octanol–water partition coefficient (Wildman–Crippen LogP) is 0.689. The first-order valence-corrected chi connectivity index (χ1v) is 5.35. The molecule has 0 aliphatic carbocycles. The molecule has 0 saturated carbocycles. The molecule has 0 aliphatic heterocycles. The van der Waals surface area contributed by atoms with Gasteiger partial charge < -0.3 is 15.3 Å². The van der Waals surface area contributed by atoms with Gasteiger partial charge in [0.05, 0.1) is 6.10 Å². The van der Waals surface area contributed by atoms with Crippen LogP contribution >= 0.6 is 0 Å². The highest BCUT2D eigenvalue weighted by Gasteiger charge is 2.08. The molecule has 3 heteroatoms. The molecule has 0 aromatic rings. The molecule has 1 atom stereocenters. The number of rotatable bonds is 8. The quantitative estimate of drug-likeness (QED) is 0.588. The van der Waals surface area contributed by atoms with Gasteiger partial charge in [0.2, 0.25) is 0 Å². The maximum absolute atomic E-state index is 9.60. The largest absolute Gasteiger partial charge is 0.390 e. The molecule has 0 saturated heterocycles. The molecule has 0 fully saturated rings. The Morgan fingerprint density at radius 2 is 2.00 bits per heavy atom. The number of aliphatic hydroxyl groups excluding tert-OH is 1. The van der Waals surface area contributed by atoms with E-state index >= 15 is 0 Å². The normalized spacial score (nSPS) is 13.6. The highest BCUT2D eigenvalue weighted by Crippen LogP contribution is 1.93. The minimum Gasteiger partial charge on any atom is -0.390 e. The van der Waals surface area contributed by atoms with Crippen molar-refractivity contribution in [2.45, 2.75) is 33.3 Å². The van der Waals surface area contributed by atoms with Crippen molar-refractivity contribution in [3.63, 3.8) is 0 Å². The van der Waals surface area contributed by atoms with E-state index in [1.54, 1.807) is 0 Å². The lowest BCUT2D eigenvalue weighted by Crippen LogP contribution is -2.38. The molecule has 80 valence electrons. The maximum atomic E-state index is 9.60. The topological polar surface area (TPSA) is 35.5 Å². The molecule has 2 N–H and O–H groups in total. The van der Waals surface area contributed by atoms with Crippen molar-refractivity contribution in [3.8, 4) is 0 Å². The molecule has 0 bridgehead atoms. The highest BCUT2D eigenvalue weighted by molar-refractivity contribution is 4.65. The van der Waals surface area contributed by atoms with E-state index in [-0.39, 0.29) is 6.10 Å². The van der Waals surface area contributed by atoms with Gasteiger partial charge in [0.15, 0.2) is 0 Å². The molecule has 0 radical (unpaired) electrons. The van der Waals surface area contributed by atoms with E-state index in [0.29, 0.717) is 6.54 Å². The van der Waals surface area contributed by atoms with Crippen LogP contribution in [0.25, 0.3) is 0 Å². The van der Waals surface area contributed by atoms with Crippen LogP contribution < -0.4 is 5.32 Å². The maximum Gasteiger partial charge on any atom is 0.0791 e. The van der Waals surface area contributed by atoms with Crippen molar-refractivity contribution >= 4 is 0 Å². The molecule has 0 heterocycles. The zero-order chi connectivity index (χ0) is 10.1. The fraction of sp³-hybridized carbons (Fsp3) is 1.00. The van der Waals surface area contributed by atoms with Gasteiger partial charge in [-0.1, -0.05) is 20.8 Å². The summed E-state index contributed by atoms with van der Waals surface area (Å²) in [7, 11) is 0. The lowest BCUT2D eigenvalue weighted by atomic mass is 10.3. The SMILES string of the molecule is CCCN(CC)CC(O)CNCC. The number of hydrogen-bond donors (Lipinski definition) is 2. The number of hydrogen-bond acceptors (Lipinski definition) is 3. The van der Waals surface area contributed by atoms with E-state index in [4.69, 9.17) is 0 Å². The van der Waals surface area contributed by atoms with Gasteiger partial charge in [-0.25, -0.2) is 0 Å². The molecule has 0 aliphatic rings. The second-order valence-corrected chi connectivity index (χ2v) is 3.35. The van der Waals surface area contributed by atoms with Crippen LogP contribution in [-0.4, -0.2) is 48.8 Å². The van der Waals surface area contributed by atoms with Crippen molar-refractivity contribution in [2.75, 3.05) is 32.7 Å². The molecular formula is C10H24N2O. The average Bonchev–Trinajstić information content (AvgIpc) is 2.14. The highest BCUT2D eigenvalue weighted by atomic mass is 16.3. The van der Waals surface area contributed by atoms with Crippen molar-refractivity contribution in [1.29, 1.82) is 0 Å². The predicted molar refractivity (Wildman–Crippen MR) is 57.0 cm³/mol.